The van der Waals surface area contributed by atoms with E-state index < -0.39 is 0 Å². The van der Waals surface area contributed by atoms with Crippen LogP contribution in [0.4, 0.5) is 11.5 Å². The highest BCUT2D eigenvalue weighted by molar-refractivity contribution is 5.54. The van der Waals surface area contributed by atoms with E-state index in [-0.39, 0.29) is 12.2 Å². The molecule has 0 bridgehead atoms. The van der Waals surface area contributed by atoms with Crippen LogP contribution in [0.15, 0.2) is 12.1 Å². The molecular formula is C14H25N3O2. The number of likely N-dealkylation sites (N-methyl/N-ethyl adjacent to an activating group) is 1. The molecule has 0 spiro atoms. The van der Waals surface area contributed by atoms with Gasteiger partial charge in [0.1, 0.15) is 5.82 Å². The number of ether oxygens (including phenoxy) is 2. The molecule has 1 heterocycles. The maximum Gasteiger partial charge on any atom is 0.239 e. The lowest BCUT2D eigenvalue weighted by atomic mass is 10.3. The third-order valence-electron chi connectivity index (χ3n) is 2.49. The smallest absolute Gasteiger partial charge is 0.239 e. The summed E-state index contributed by atoms with van der Waals surface area (Å²) >= 11 is 0. The highest BCUT2D eigenvalue weighted by Gasteiger charge is 2.09. The molecule has 0 fully saturated rings. The summed E-state index contributed by atoms with van der Waals surface area (Å²) < 4.78 is 11.1. The average molecular weight is 267 g/mol. The van der Waals surface area contributed by atoms with Crippen molar-refractivity contribution in [2.45, 2.75) is 39.9 Å². The molecule has 0 aliphatic rings. The van der Waals surface area contributed by atoms with E-state index in [2.05, 4.69) is 4.98 Å². The van der Waals surface area contributed by atoms with E-state index in [1.54, 1.807) is 0 Å². The van der Waals surface area contributed by atoms with Gasteiger partial charge < -0.3 is 20.1 Å². The number of nitrogens with two attached hydrogens (primary N) is 1. The molecule has 19 heavy (non-hydrogen) atoms. The van der Waals surface area contributed by atoms with Crippen LogP contribution < -0.4 is 15.4 Å². The third kappa shape index (κ3) is 5.34. The molecule has 0 saturated carbocycles. The number of pyridine rings is 1. The van der Waals surface area contributed by atoms with Crippen molar-refractivity contribution < 1.29 is 9.47 Å². The van der Waals surface area contributed by atoms with Crippen molar-refractivity contribution in [2.24, 2.45) is 0 Å². The molecule has 108 valence electrons. The number of rotatable bonds is 7. The van der Waals surface area contributed by atoms with Crippen LogP contribution in [0, 0.1) is 0 Å². The van der Waals surface area contributed by atoms with Crippen molar-refractivity contribution in [3.8, 4) is 5.88 Å². The summed E-state index contributed by atoms with van der Waals surface area (Å²) in [6.07, 6.45) is 0.298. The Hall–Kier alpha value is -1.49. The standard InChI is InChI=1S/C14H25N3O2/c1-10(2)18-9-8-17(5)13-7-6-12(15)14(16-13)19-11(3)4/h6-7,10-11H,8-9,15H2,1-5H3. The molecule has 0 amide bonds. The topological polar surface area (TPSA) is 60.6 Å². The van der Waals surface area contributed by atoms with Crippen molar-refractivity contribution in [1.82, 2.24) is 4.98 Å². The SMILES string of the molecule is CC(C)OCCN(C)c1ccc(N)c(OC(C)C)n1. The molecule has 5 heteroatoms. The lowest BCUT2D eigenvalue weighted by Crippen LogP contribution is -2.25. The van der Waals surface area contributed by atoms with Crippen LogP contribution in [0.25, 0.3) is 0 Å². The first-order valence-electron chi connectivity index (χ1n) is 6.66. The van der Waals surface area contributed by atoms with Crippen LogP contribution in [0.3, 0.4) is 0 Å². The Bertz CT molecular complexity index is 394. The van der Waals surface area contributed by atoms with Gasteiger partial charge in [-0.2, -0.15) is 4.98 Å². The second-order valence-corrected chi connectivity index (χ2v) is 5.07. The van der Waals surface area contributed by atoms with E-state index >= 15 is 0 Å². The Labute approximate surface area is 115 Å². The van der Waals surface area contributed by atoms with Crippen LogP contribution in [-0.2, 0) is 4.74 Å². The molecule has 2 N–H and O–H groups in total. The van der Waals surface area contributed by atoms with Gasteiger partial charge >= 0.3 is 0 Å². The van der Waals surface area contributed by atoms with Crippen molar-refractivity contribution in [3.05, 3.63) is 12.1 Å². The summed E-state index contributed by atoms with van der Waals surface area (Å²) in [6, 6.07) is 3.71. The van der Waals surface area contributed by atoms with Crippen LogP contribution in [0.5, 0.6) is 5.88 Å². The molecule has 1 rings (SSSR count). The summed E-state index contributed by atoms with van der Waals surface area (Å²) in [6.45, 7) is 9.39. The minimum absolute atomic E-state index is 0.0552. The van der Waals surface area contributed by atoms with Gasteiger partial charge in [-0.3, -0.25) is 0 Å². The Balaban J connectivity index is 2.66. The third-order valence-corrected chi connectivity index (χ3v) is 2.49. The molecule has 0 radical (unpaired) electrons. The van der Waals surface area contributed by atoms with Crippen molar-refractivity contribution in [3.63, 3.8) is 0 Å². The molecular weight excluding hydrogens is 242 g/mol. The minimum atomic E-state index is 0.0552. The van der Waals surface area contributed by atoms with Gasteiger partial charge in [0, 0.05) is 13.6 Å². The van der Waals surface area contributed by atoms with Crippen LogP contribution in [0.1, 0.15) is 27.7 Å². The number of hydrogen-bond donors (Lipinski definition) is 1. The number of aromatic nitrogens is 1. The van der Waals surface area contributed by atoms with Gasteiger partial charge in [0.2, 0.25) is 5.88 Å². The predicted octanol–water partition coefficient (Wildman–Crippen LogP) is 2.31. The first kappa shape index (κ1) is 15.6. The lowest BCUT2D eigenvalue weighted by Gasteiger charge is -2.20. The van der Waals surface area contributed by atoms with Gasteiger partial charge in [-0.1, -0.05) is 0 Å². The fourth-order valence-corrected chi connectivity index (χ4v) is 1.51. The molecule has 5 nitrogen and oxygen atoms in total. The zero-order chi connectivity index (χ0) is 14.4. The molecule has 0 atom stereocenters. The normalized spacial score (nSPS) is 11.1. The van der Waals surface area contributed by atoms with Crippen LogP contribution >= 0.6 is 0 Å². The summed E-state index contributed by atoms with van der Waals surface area (Å²) in [7, 11) is 1.97. The fraction of sp³-hybridized carbons (Fsp3) is 0.643. The molecule has 0 unspecified atom stereocenters. The number of hydrogen-bond acceptors (Lipinski definition) is 5. The first-order valence-corrected chi connectivity index (χ1v) is 6.66. The van der Waals surface area contributed by atoms with E-state index in [1.807, 2.05) is 51.8 Å². The fourth-order valence-electron chi connectivity index (χ4n) is 1.51. The van der Waals surface area contributed by atoms with Crippen molar-refractivity contribution >= 4 is 11.5 Å². The summed E-state index contributed by atoms with van der Waals surface area (Å²) in [5, 5.41) is 0. The summed E-state index contributed by atoms with van der Waals surface area (Å²) in [5.74, 6) is 1.32. The highest BCUT2D eigenvalue weighted by Crippen LogP contribution is 2.23. The largest absolute Gasteiger partial charge is 0.473 e. The first-order chi connectivity index (χ1) is 8.90. The quantitative estimate of drug-likeness (QED) is 0.821. The van der Waals surface area contributed by atoms with E-state index in [1.165, 1.54) is 0 Å². The number of anilines is 2. The highest BCUT2D eigenvalue weighted by atomic mass is 16.5. The van der Waals surface area contributed by atoms with Gasteiger partial charge in [0.15, 0.2) is 0 Å². The number of nitrogen functional groups attached to an aromatic ring is 1. The minimum Gasteiger partial charge on any atom is -0.473 e. The van der Waals surface area contributed by atoms with Crippen LogP contribution in [-0.4, -0.2) is 37.4 Å². The van der Waals surface area contributed by atoms with Crippen molar-refractivity contribution in [1.29, 1.82) is 0 Å². The summed E-state index contributed by atoms with van der Waals surface area (Å²) in [5.41, 5.74) is 6.41. The zero-order valence-electron chi connectivity index (χ0n) is 12.5. The van der Waals surface area contributed by atoms with Gasteiger partial charge in [-0.25, -0.2) is 0 Å². The second-order valence-electron chi connectivity index (χ2n) is 5.07. The molecule has 1 aromatic heterocycles. The van der Waals surface area contributed by atoms with Crippen molar-refractivity contribution in [2.75, 3.05) is 30.8 Å². The molecule has 0 aliphatic heterocycles. The molecule has 0 saturated heterocycles. The van der Waals surface area contributed by atoms with E-state index in [4.69, 9.17) is 15.2 Å². The van der Waals surface area contributed by atoms with Crippen LogP contribution in [0.2, 0.25) is 0 Å². The molecule has 1 aromatic rings. The van der Waals surface area contributed by atoms with Gasteiger partial charge in [-0.05, 0) is 39.8 Å². The number of nitrogens with zero attached hydrogens (tertiary/aromatic N) is 2. The van der Waals surface area contributed by atoms with E-state index in [0.29, 0.717) is 18.2 Å². The Morgan fingerprint density at radius 1 is 1.21 bits per heavy atom. The summed E-state index contributed by atoms with van der Waals surface area (Å²) in [4.78, 5) is 6.46. The monoisotopic (exact) mass is 267 g/mol. The van der Waals surface area contributed by atoms with E-state index in [9.17, 15) is 0 Å². The van der Waals surface area contributed by atoms with Gasteiger partial charge in [0.25, 0.3) is 0 Å². The van der Waals surface area contributed by atoms with E-state index in [0.717, 1.165) is 12.4 Å². The molecule has 0 aliphatic carbocycles. The maximum atomic E-state index is 5.85. The zero-order valence-corrected chi connectivity index (χ0v) is 12.5. The predicted molar refractivity (Wildman–Crippen MR) is 78.8 cm³/mol. The Kier molecular flexibility index (Phi) is 5.89. The average Bonchev–Trinajstić information content (AvgIpc) is 2.30. The second kappa shape index (κ2) is 7.19. The molecule has 0 aromatic carbocycles. The Morgan fingerprint density at radius 2 is 1.89 bits per heavy atom. The Morgan fingerprint density at radius 3 is 2.47 bits per heavy atom. The van der Waals surface area contributed by atoms with Gasteiger partial charge in [0.05, 0.1) is 24.5 Å². The lowest BCUT2D eigenvalue weighted by molar-refractivity contribution is 0.0845. The maximum absolute atomic E-state index is 5.85. The van der Waals surface area contributed by atoms with Gasteiger partial charge in [-0.15, -0.1) is 0 Å².